The molecule has 5 aliphatic heterocycles. The summed E-state index contributed by atoms with van der Waals surface area (Å²) in [6.45, 7) is 0. The van der Waals surface area contributed by atoms with Gasteiger partial charge in [-0.25, -0.2) is 0 Å². The molecule has 6 aliphatic rings. The quantitative estimate of drug-likeness (QED) is 0.628. The number of nitrogens with zero attached hydrogens (tertiary/aromatic N) is 2. The molecule has 6 atom stereocenters. The minimum absolute atomic E-state index is 0.567. The first-order chi connectivity index (χ1) is 8.39. The Morgan fingerprint density at radius 1 is 1.00 bits per heavy atom. The Morgan fingerprint density at radius 3 is 2.76 bits per heavy atom. The summed E-state index contributed by atoms with van der Waals surface area (Å²) in [6, 6.07) is 2.79. The van der Waals surface area contributed by atoms with Crippen LogP contribution in [0.15, 0.2) is 11.8 Å². The predicted molar refractivity (Wildman–Crippen MR) is 65.2 cm³/mol. The summed E-state index contributed by atoms with van der Waals surface area (Å²) in [5.74, 6) is 2.07. The normalized spacial score (nSPS) is 61.3. The van der Waals surface area contributed by atoms with Crippen molar-refractivity contribution in [2.75, 3.05) is 0 Å². The highest BCUT2D eigenvalue weighted by molar-refractivity contribution is 5.34. The molecule has 0 aromatic heterocycles. The van der Waals surface area contributed by atoms with Crippen molar-refractivity contribution in [3.63, 3.8) is 0 Å². The van der Waals surface area contributed by atoms with Crippen LogP contribution in [0.1, 0.15) is 44.9 Å². The number of hydrogen-bond acceptors (Lipinski definition) is 2. The summed E-state index contributed by atoms with van der Waals surface area (Å²) in [5, 5.41) is 0. The third-order valence-electron chi connectivity index (χ3n) is 7.05. The van der Waals surface area contributed by atoms with Crippen molar-refractivity contribution in [3.8, 4) is 0 Å². The molecule has 0 amide bonds. The predicted octanol–water partition coefficient (Wildman–Crippen LogP) is 2.32. The van der Waals surface area contributed by atoms with E-state index in [-0.39, 0.29) is 0 Å². The second-order valence-electron chi connectivity index (χ2n) is 7.34. The Bertz CT molecular complexity index is 450. The van der Waals surface area contributed by atoms with Gasteiger partial charge in [0, 0.05) is 30.2 Å². The highest BCUT2D eigenvalue weighted by atomic mass is 15.5. The van der Waals surface area contributed by atoms with Crippen LogP contribution in [0.25, 0.3) is 0 Å². The highest BCUT2D eigenvalue weighted by Gasteiger charge is 2.75. The van der Waals surface area contributed by atoms with Gasteiger partial charge in [-0.1, -0.05) is 6.08 Å². The molecule has 0 radical (unpaired) electrons. The van der Waals surface area contributed by atoms with Gasteiger partial charge in [0.1, 0.15) is 0 Å². The molecule has 2 nitrogen and oxygen atoms in total. The summed E-state index contributed by atoms with van der Waals surface area (Å²) in [4.78, 5) is 5.97. The lowest BCUT2D eigenvalue weighted by molar-refractivity contribution is -0.149. The molecule has 1 aliphatic carbocycles. The zero-order valence-electron chi connectivity index (χ0n) is 10.3. The summed E-state index contributed by atoms with van der Waals surface area (Å²) < 4.78 is 0. The van der Waals surface area contributed by atoms with Gasteiger partial charge < -0.3 is 4.90 Å². The van der Waals surface area contributed by atoms with Crippen LogP contribution in [0.5, 0.6) is 0 Å². The molecule has 1 spiro atoms. The van der Waals surface area contributed by atoms with Gasteiger partial charge in [0.15, 0.2) is 0 Å². The summed E-state index contributed by atoms with van der Waals surface area (Å²) in [7, 11) is 0. The van der Waals surface area contributed by atoms with E-state index in [1.165, 1.54) is 38.5 Å². The molecule has 90 valence electrons. The maximum absolute atomic E-state index is 3.04. The minimum atomic E-state index is 0.567. The van der Waals surface area contributed by atoms with Gasteiger partial charge in [-0.15, -0.1) is 0 Å². The lowest BCUT2D eigenvalue weighted by atomic mass is 9.63. The maximum atomic E-state index is 3.04. The third kappa shape index (κ3) is 0.658. The third-order valence-corrected chi connectivity index (χ3v) is 7.05. The van der Waals surface area contributed by atoms with Crippen LogP contribution in [-0.2, 0) is 0 Å². The Labute approximate surface area is 103 Å². The zero-order valence-corrected chi connectivity index (χ0v) is 10.3. The monoisotopic (exact) mass is 228 g/mol. The first-order valence-electron chi connectivity index (χ1n) is 7.66. The SMILES string of the molecule is C1=C2CC3CCC4CC5CC6CC(C1)N2C65N34. The molecule has 4 saturated heterocycles. The number of rotatable bonds is 0. The molecule has 0 aromatic carbocycles. The van der Waals surface area contributed by atoms with Crippen molar-refractivity contribution in [1.29, 1.82) is 0 Å². The van der Waals surface area contributed by atoms with Crippen LogP contribution in [-0.4, -0.2) is 33.6 Å². The molecule has 5 heterocycles. The van der Waals surface area contributed by atoms with Crippen LogP contribution in [0.4, 0.5) is 0 Å². The van der Waals surface area contributed by atoms with Gasteiger partial charge in [0.25, 0.3) is 0 Å². The molecular weight excluding hydrogens is 208 g/mol. The van der Waals surface area contributed by atoms with Crippen molar-refractivity contribution >= 4 is 0 Å². The second-order valence-corrected chi connectivity index (χ2v) is 7.34. The van der Waals surface area contributed by atoms with Crippen molar-refractivity contribution < 1.29 is 0 Å². The molecular formula is C15H20N2. The van der Waals surface area contributed by atoms with Crippen molar-refractivity contribution in [3.05, 3.63) is 11.8 Å². The first-order valence-corrected chi connectivity index (χ1v) is 7.66. The lowest BCUT2D eigenvalue weighted by Crippen LogP contribution is -2.70. The van der Waals surface area contributed by atoms with Gasteiger partial charge in [0.2, 0.25) is 0 Å². The number of hydrogen-bond donors (Lipinski definition) is 0. The molecule has 2 heteroatoms. The summed E-state index contributed by atoms with van der Waals surface area (Å²) >= 11 is 0. The van der Waals surface area contributed by atoms with E-state index in [0.29, 0.717) is 5.66 Å². The fourth-order valence-corrected chi connectivity index (χ4v) is 6.83. The van der Waals surface area contributed by atoms with E-state index in [2.05, 4.69) is 15.9 Å². The average molecular weight is 228 g/mol. The Kier molecular flexibility index (Phi) is 1.17. The fourth-order valence-electron chi connectivity index (χ4n) is 6.83. The summed E-state index contributed by atoms with van der Waals surface area (Å²) in [6.07, 6.45) is 12.9. The van der Waals surface area contributed by atoms with Crippen LogP contribution >= 0.6 is 0 Å². The molecule has 6 unspecified atom stereocenters. The van der Waals surface area contributed by atoms with Crippen molar-refractivity contribution in [2.45, 2.75) is 68.7 Å². The van der Waals surface area contributed by atoms with E-state index in [0.717, 1.165) is 30.0 Å². The molecule has 0 aromatic rings. The van der Waals surface area contributed by atoms with E-state index in [4.69, 9.17) is 0 Å². The Balaban J connectivity index is 1.63. The van der Waals surface area contributed by atoms with Crippen LogP contribution in [0.2, 0.25) is 0 Å². The molecule has 17 heavy (non-hydrogen) atoms. The first kappa shape index (κ1) is 8.58. The Hall–Kier alpha value is -0.500. The standard InChI is InChI=1S/C15H20N2/c1-3-13-8-14-4-2-12-7-10-5-9-6-11(1)16(13)15(9,10)17(12)14/h3,9-12,14H,1-2,4-8H2. The molecule has 6 rings (SSSR count). The van der Waals surface area contributed by atoms with Crippen LogP contribution in [0.3, 0.4) is 0 Å². The Morgan fingerprint density at radius 2 is 1.82 bits per heavy atom. The van der Waals surface area contributed by atoms with Crippen molar-refractivity contribution in [1.82, 2.24) is 9.80 Å². The van der Waals surface area contributed by atoms with E-state index in [1.807, 2.05) is 0 Å². The maximum Gasteiger partial charge on any atom is 0.0996 e. The van der Waals surface area contributed by atoms with E-state index in [1.54, 1.807) is 12.1 Å². The smallest absolute Gasteiger partial charge is 0.0996 e. The van der Waals surface area contributed by atoms with Gasteiger partial charge >= 0.3 is 0 Å². The topological polar surface area (TPSA) is 6.48 Å². The zero-order chi connectivity index (χ0) is 10.8. The van der Waals surface area contributed by atoms with Gasteiger partial charge in [-0.05, 0) is 50.4 Å². The average Bonchev–Trinajstić information content (AvgIpc) is 3.00. The van der Waals surface area contributed by atoms with Crippen molar-refractivity contribution in [2.24, 2.45) is 11.8 Å². The van der Waals surface area contributed by atoms with Gasteiger partial charge in [0.05, 0.1) is 5.66 Å². The minimum Gasteiger partial charge on any atom is -0.353 e. The van der Waals surface area contributed by atoms with Crippen LogP contribution < -0.4 is 0 Å². The molecule has 5 fully saturated rings. The summed E-state index contributed by atoms with van der Waals surface area (Å²) in [5.41, 5.74) is 2.32. The largest absolute Gasteiger partial charge is 0.353 e. The fraction of sp³-hybridized carbons (Fsp3) is 0.867. The van der Waals surface area contributed by atoms with Crippen LogP contribution in [0, 0.1) is 11.8 Å². The molecule has 1 saturated carbocycles. The second kappa shape index (κ2) is 2.32. The van der Waals surface area contributed by atoms with E-state index in [9.17, 15) is 0 Å². The van der Waals surface area contributed by atoms with Gasteiger partial charge in [-0.2, -0.15) is 0 Å². The molecule has 0 N–H and O–H groups in total. The van der Waals surface area contributed by atoms with E-state index < -0.39 is 0 Å². The lowest BCUT2D eigenvalue weighted by Gasteiger charge is -2.62. The molecule has 0 bridgehead atoms. The highest BCUT2D eigenvalue weighted by Crippen LogP contribution is 2.70. The van der Waals surface area contributed by atoms with Gasteiger partial charge in [-0.3, -0.25) is 4.90 Å². The van der Waals surface area contributed by atoms with E-state index >= 15 is 0 Å².